The van der Waals surface area contributed by atoms with Crippen LogP contribution in [0.2, 0.25) is 0 Å². The van der Waals surface area contributed by atoms with Gasteiger partial charge in [-0.2, -0.15) is 0 Å². The summed E-state index contributed by atoms with van der Waals surface area (Å²) in [5.74, 6) is -2.82. The van der Waals surface area contributed by atoms with E-state index in [1.54, 1.807) is 45.0 Å². The Morgan fingerprint density at radius 2 is 1.66 bits per heavy atom. The number of aromatic nitrogens is 1. The highest BCUT2D eigenvalue weighted by molar-refractivity contribution is 7.55. The highest BCUT2D eigenvalue weighted by Crippen LogP contribution is 2.53. The van der Waals surface area contributed by atoms with Crippen LogP contribution < -0.4 is 10.1 Å². The third-order valence-electron chi connectivity index (χ3n) is 5.69. The molecule has 10 nitrogen and oxygen atoms in total. The first kappa shape index (κ1) is 29.0. The Kier molecular flexibility index (Phi) is 9.43. The van der Waals surface area contributed by atoms with Gasteiger partial charge in [-0.15, -0.1) is 0 Å². The van der Waals surface area contributed by atoms with Gasteiger partial charge in [0.15, 0.2) is 11.6 Å². The van der Waals surface area contributed by atoms with Crippen molar-refractivity contribution in [1.29, 1.82) is 0 Å². The van der Waals surface area contributed by atoms with Gasteiger partial charge in [-0.05, 0) is 45.9 Å². The van der Waals surface area contributed by atoms with Crippen molar-refractivity contribution in [1.82, 2.24) is 4.57 Å². The molecule has 0 radical (unpaired) electrons. The van der Waals surface area contributed by atoms with Crippen molar-refractivity contribution in [3.05, 3.63) is 59.5 Å². The lowest BCUT2D eigenvalue weighted by atomic mass is 10.1. The Bertz CT molecular complexity index is 1390. The molecule has 0 aliphatic rings. The van der Waals surface area contributed by atoms with Gasteiger partial charge in [0.05, 0.1) is 43.7 Å². The van der Waals surface area contributed by atoms with Gasteiger partial charge < -0.3 is 23.8 Å². The molecule has 3 aromatic rings. The predicted octanol–water partition coefficient (Wildman–Crippen LogP) is 5.62. The third kappa shape index (κ3) is 5.50. The zero-order valence-corrected chi connectivity index (χ0v) is 22.7. The minimum absolute atomic E-state index is 0.00286. The van der Waals surface area contributed by atoms with E-state index in [0.717, 1.165) is 4.57 Å². The molecule has 0 bridgehead atoms. The minimum Gasteiger partial charge on any atom is -0.494 e. The second kappa shape index (κ2) is 12.3. The van der Waals surface area contributed by atoms with Crippen LogP contribution in [0.25, 0.3) is 10.9 Å². The molecule has 1 atom stereocenters. The van der Waals surface area contributed by atoms with Gasteiger partial charge in [-0.1, -0.05) is 24.3 Å². The van der Waals surface area contributed by atoms with Crippen LogP contribution >= 0.6 is 7.60 Å². The number of carbonyl (C=O) groups is 3. The number of carbonyl (C=O) groups excluding carboxylic acids is 3. The number of hydrogen-bond acceptors (Lipinski definition) is 8. The van der Waals surface area contributed by atoms with E-state index in [9.17, 15) is 18.9 Å². The fourth-order valence-corrected chi connectivity index (χ4v) is 5.52. The molecule has 2 aromatic carbocycles. The molecule has 3 rings (SSSR count). The van der Waals surface area contributed by atoms with E-state index in [2.05, 4.69) is 5.32 Å². The lowest BCUT2D eigenvalue weighted by molar-refractivity contribution is -0.116. The molecule has 38 heavy (non-hydrogen) atoms. The average Bonchev–Trinajstić information content (AvgIpc) is 3.22. The molecule has 204 valence electrons. The van der Waals surface area contributed by atoms with Gasteiger partial charge in [0.25, 0.3) is 0 Å². The molecule has 1 heterocycles. The molecule has 0 saturated carbocycles. The van der Waals surface area contributed by atoms with Crippen LogP contribution in [0, 0.1) is 5.82 Å². The summed E-state index contributed by atoms with van der Waals surface area (Å²) in [7, 11) is -2.62. The highest BCUT2D eigenvalue weighted by atomic mass is 31.2. The van der Waals surface area contributed by atoms with Gasteiger partial charge >= 0.3 is 13.7 Å². The van der Waals surface area contributed by atoms with Gasteiger partial charge in [0.1, 0.15) is 11.4 Å². The number of fused-ring (bicyclic) bond motifs is 1. The zero-order valence-electron chi connectivity index (χ0n) is 21.8. The van der Waals surface area contributed by atoms with E-state index in [1.165, 1.54) is 32.2 Å². The van der Waals surface area contributed by atoms with E-state index in [1.807, 2.05) is 0 Å². The number of ether oxygens (including phenoxy) is 2. The lowest BCUT2D eigenvalue weighted by Crippen LogP contribution is -2.28. The summed E-state index contributed by atoms with van der Waals surface area (Å²) in [6, 6.07) is 10.4. The predicted molar refractivity (Wildman–Crippen MR) is 140 cm³/mol. The van der Waals surface area contributed by atoms with Gasteiger partial charge in [-0.25, -0.2) is 13.8 Å². The van der Waals surface area contributed by atoms with E-state index >= 15 is 4.39 Å². The molecular weight excluding hydrogens is 518 g/mol. The summed E-state index contributed by atoms with van der Waals surface area (Å²) in [5.41, 5.74) is -1.87. The molecule has 0 saturated heterocycles. The van der Waals surface area contributed by atoms with Gasteiger partial charge in [-0.3, -0.25) is 14.2 Å². The number of rotatable bonds is 11. The van der Waals surface area contributed by atoms with Crippen molar-refractivity contribution >= 4 is 42.0 Å². The number of methoxy groups -OCH3 is 1. The molecule has 12 heteroatoms. The number of hydrogen-bond donors (Lipinski definition) is 1. The maximum absolute atomic E-state index is 15.2. The van der Waals surface area contributed by atoms with E-state index in [4.69, 9.17) is 18.5 Å². The van der Waals surface area contributed by atoms with Crippen LogP contribution in [-0.2, 0) is 23.1 Å². The summed E-state index contributed by atoms with van der Waals surface area (Å²) >= 11 is 0. The quantitative estimate of drug-likeness (QED) is 0.242. The normalized spacial score (nSPS) is 12.3. The lowest BCUT2D eigenvalue weighted by Gasteiger charge is -2.22. The summed E-state index contributed by atoms with van der Waals surface area (Å²) in [4.78, 5) is 40.2. The molecule has 1 aromatic heterocycles. The second-order valence-electron chi connectivity index (χ2n) is 7.97. The molecular formula is C26H30FN2O8P. The Balaban J connectivity index is 2.25. The van der Waals surface area contributed by atoms with E-state index in [0.29, 0.717) is 5.39 Å². The van der Waals surface area contributed by atoms with Gasteiger partial charge in [0, 0.05) is 5.39 Å². The van der Waals surface area contributed by atoms with Crippen LogP contribution in [0.3, 0.4) is 0 Å². The van der Waals surface area contributed by atoms with Crippen LogP contribution in [0.1, 0.15) is 43.7 Å². The number of benzene rings is 2. The summed E-state index contributed by atoms with van der Waals surface area (Å²) < 4.78 is 50.2. The van der Waals surface area contributed by atoms with Crippen molar-refractivity contribution in [2.75, 3.05) is 32.2 Å². The molecule has 0 fully saturated rings. The number of nitrogens with zero attached hydrogens (tertiary/aromatic N) is 1. The largest absolute Gasteiger partial charge is 0.494 e. The fourth-order valence-electron chi connectivity index (χ4n) is 3.92. The SMILES string of the molecule is CCOC(=O)n1c(C(=O)c2cccc(OC)c2F)c(NC(=O)C(C)P(=O)(OCC)OCC)c2ccccc21. The first-order valence-corrected chi connectivity index (χ1v) is 13.6. The standard InChI is InChI=1S/C26H30FN2O8P/c1-6-35-26(32)29-19-14-10-9-12-17(19)22(28-25(31)16(4)38(33,36-7-2)37-8-3)23(29)24(30)18-13-11-15-20(34-5)21(18)27/h9-16H,6-8H2,1-5H3,(H,28,31). The van der Waals surface area contributed by atoms with Crippen molar-refractivity contribution < 1.29 is 41.9 Å². The van der Waals surface area contributed by atoms with Crippen LogP contribution in [0.4, 0.5) is 14.9 Å². The van der Waals surface area contributed by atoms with Gasteiger partial charge in [0.2, 0.25) is 11.7 Å². The third-order valence-corrected chi connectivity index (χ3v) is 8.11. The Morgan fingerprint density at radius 1 is 1.00 bits per heavy atom. The number of halogens is 1. The number of amides is 1. The Morgan fingerprint density at radius 3 is 2.26 bits per heavy atom. The number of anilines is 1. The average molecular weight is 549 g/mol. The minimum atomic E-state index is -3.87. The van der Waals surface area contributed by atoms with E-state index < -0.39 is 42.4 Å². The number of nitrogens with one attached hydrogen (secondary N) is 1. The van der Waals surface area contributed by atoms with Crippen LogP contribution in [-0.4, -0.2) is 54.9 Å². The molecule has 1 unspecified atom stereocenters. The summed E-state index contributed by atoms with van der Waals surface area (Å²) in [6.45, 7) is 6.26. The summed E-state index contributed by atoms with van der Waals surface area (Å²) in [6.07, 6.45) is -0.904. The molecule has 0 aliphatic carbocycles. The summed E-state index contributed by atoms with van der Waals surface area (Å²) in [5, 5.41) is 2.92. The maximum atomic E-state index is 15.2. The smallest absolute Gasteiger partial charge is 0.419 e. The topological polar surface area (TPSA) is 122 Å². The van der Waals surface area contributed by atoms with E-state index in [-0.39, 0.29) is 42.5 Å². The van der Waals surface area contributed by atoms with Crippen LogP contribution in [0.5, 0.6) is 5.75 Å². The second-order valence-corrected chi connectivity index (χ2v) is 10.3. The first-order valence-electron chi connectivity index (χ1n) is 12.0. The first-order chi connectivity index (χ1) is 18.1. The van der Waals surface area contributed by atoms with Crippen molar-refractivity contribution in [3.63, 3.8) is 0 Å². The van der Waals surface area contributed by atoms with Crippen molar-refractivity contribution in [2.24, 2.45) is 0 Å². The Labute approximate surface area is 219 Å². The molecule has 0 spiro atoms. The molecule has 1 amide bonds. The zero-order chi connectivity index (χ0) is 28.0. The Hall–Kier alpha value is -3.53. The highest BCUT2D eigenvalue weighted by Gasteiger charge is 2.39. The van der Waals surface area contributed by atoms with Crippen molar-refractivity contribution in [3.8, 4) is 5.75 Å². The van der Waals surface area contributed by atoms with Crippen molar-refractivity contribution in [2.45, 2.75) is 33.4 Å². The fraction of sp³-hybridized carbons (Fsp3) is 0.346. The number of ketones is 1. The van der Waals surface area contributed by atoms with Crippen LogP contribution in [0.15, 0.2) is 42.5 Å². The number of para-hydroxylation sites is 1. The molecule has 0 aliphatic heterocycles. The maximum Gasteiger partial charge on any atom is 0.419 e. The molecule has 1 N–H and O–H groups in total. The monoisotopic (exact) mass is 548 g/mol.